The van der Waals surface area contributed by atoms with E-state index in [1.54, 1.807) is 19.1 Å². The van der Waals surface area contributed by atoms with Gasteiger partial charge in [0.15, 0.2) is 11.5 Å². The molecule has 1 aromatic heterocycles. The molecule has 2 heterocycles. The average molecular weight is 383 g/mol. The van der Waals surface area contributed by atoms with Crippen molar-refractivity contribution in [3.8, 4) is 0 Å². The number of aliphatic hydroxyl groups is 1. The first-order valence-corrected chi connectivity index (χ1v) is 9.29. The predicted octanol–water partition coefficient (Wildman–Crippen LogP) is 3.94. The summed E-state index contributed by atoms with van der Waals surface area (Å²) < 4.78 is 10.6. The van der Waals surface area contributed by atoms with Crippen LogP contribution in [-0.4, -0.2) is 42.0 Å². The fraction of sp³-hybridized carbons (Fsp3) is 0.364. The van der Waals surface area contributed by atoms with Gasteiger partial charge in [0, 0.05) is 13.7 Å². The van der Waals surface area contributed by atoms with Crippen molar-refractivity contribution in [1.82, 2.24) is 4.90 Å². The number of aliphatic hydroxyl groups excluding tert-OH is 1. The minimum atomic E-state index is -0.693. The van der Waals surface area contributed by atoms with E-state index in [9.17, 15) is 14.7 Å². The number of ether oxygens (including phenoxy) is 1. The van der Waals surface area contributed by atoms with Crippen molar-refractivity contribution in [2.75, 3.05) is 20.3 Å². The van der Waals surface area contributed by atoms with Gasteiger partial charge >= 0.3 is 0 Å². The van der Waals surface area contributed by atoms with Crippen LogP contribution in [0.2, 0.25) is 0 Å². The summed E-state index contributed by atoms with van der Waals surface area (Å²) >= 11 is 0. The number of rotatable bonds is 7. The van der Waals surface area contributed by atoms with Gasteiger partial charge in [-0.1, -0.05) is 38.1 Å². The molecule has 1 atom stereocenters. The number of hydrogen-bond acceptors (Lipinski definition) is 5. The van der Waals surface area contributed by atoms with Crippen molar-refractivity contribution in [2.45, 2.75) is 32.7 Å². The van der Waals surface area contributed by atoms with Crippen LogP contribution in [0, 0.1) is 6.92 Å². The van der Waals surface area contributed by atoms with E-state index in [2.05, 4.69) is 13.8 Å². The van der Waals surface area contributed by atoms with E-state index in [1.165, 1.54) is 12.0 Å². The Morgan fingerprint density at radius 3 is 2.43 bits per heavy atom. The Labute approximate surface area is 164 Å². The molecule has 0 fully saturated rings. The van der Waals surface area contributed by atoms with Gasteiger partial charge in [-0.15, -0.1) is 0 Å². The maximum Gasteiger partial charge on any atom is 0.290 e. The van der Waals surface area contributed by atoms with E-state index in [0.717, 1.165) is 11.1 Å². The zero-order chi connectivity index (χ0) is 20.4. The van der Waals surface area contributed by atoms with Crippen molar-refractivity contribution in [3.63, 3.8) is 0 Å². The second-order valence-corrected chi connectivity index (χ2v) is 7.22. The van der Waals surface area contributed by atoms with Crippen LogP contribution < -0.4 is 0 Å². The van der Waals surface area contributed by atoms with Crippen LogP contribution in [0.15, 0.2) is 52.1 Å². The molecule has 0 saturated heterocycles. The summed E-state index contributed by atoms with van der Waals surface area (Å²) in [6.07, 6.45) is 0. The quantitative estimate of drug-likeness (QED) is 0.733. The van der Waals surface area contributed by atoms with Crippen LogP contribution in [0.1, 0.15) is 53.2 Å². The number of benzene rings is 1. The first kappa shape index (κ1) is 19.9. The minimum absolute atomic E-state index is 0.0350. The van der Waals surface area contributed by atoms with Gasteiger partial charge < -0.3 is 19.2 Å². The van der Waals surface area contributed by atoms with Crippen LogP contribution in [0.5, 0.6) is 0 Å². The van der Waals surface area contributed by atoms with Crippen LogP contribution in [0.25, 0.3) is 0 Å². The molecule has 6 nitrogen and oxygen atoms in total. The third-order valence-corrected chi connectivity index (χ3v) is 4.97. The Morgan fingerprint density at radius 2 is 1.89 bits per heavy atom. The van der Waals surface area contributed by atoms with Gasteiger partial charge in [-0.25, -0.2) is 0 Å². The normalized spacial score (nSPS) is 17.1. The Morgan fingerprint density at radius 1 is 1.21 bits per heavy atom. The molecule has 0 aliphatic carbocycles. The number of furan rings is 1. The summed E-state index contributed by atoms with van der Waals surface area (Å²) in [6.45, 7) is 6.47. The smallest absolute Gasteiger partial charge is 0.290 e. The summed E-state index contributed by atoms with van der Waals surface area (Å²) in [5, 5.41) is 10.5. The van der Waals surface area contributed by atoms with Crippen molar-refractivity contribution in [2.24, 2.45) is 0 Å². The molecule has 0 spiro atoms. The monoisotopic (exact) mass is 383 g/mol. The highest BCUT2D eigenvalue weighted by Crippen LogP contribution is 2.39. The van der Waals surface area contributed by atoms with Crippen molar-refractivity contribution >= 4 is 11.7 Å². The first-order chi connectivity index (χ1) is 13.3. The highest BCUT2D eigenvalue weighted by molar-refractivity contribution is 6.15. The molecule has 1 aliphatic heterocycles. The van der Waals surface area contributed by atoms with E-state index in [1.807, 2.05) is 24.3 Å². The summed E-state index contributed by atoms with van der Waals surface area (Å²) in [5.74, 6) is -0.558. The van der Waals surface area contributed by atoms with Crippen molar-refractivity contribution in [1.29, 1.82) is 0 Å². The van der Waals surface area contributed by atoms with Gasteiger partial charge in [-0.2, -0.15) is 0 Å². The number of carbonyl (C=O) groups is 2. The summed E-state index contributed by atoms with van der Waals surface area (Å²) in [4.78, 5) is 27.2. The lowest BCUT2D eigenvalue weighted by molar-refractivity contribution is -0.130. The maximum absolute atomic E-state index is 13.1. The van der Waals surface area contributed by atoms with E-state index in [4.69, 9.17) is 9.15 Å². The first-order valence-electron chi connectivity index (χ1n) is 9.29. The number of carbonyl (C=O) groups excluding carboxylic acids is 2. The number of amides is 1. The standard InChI is InChI=1S/C22H25NO5/c1-13(2)15-6-8-16(9-7-15)19-18(20(24)17-10-5-14(3)28-17)21(25)22(26)23(19)11-12-27-4/h5-10,13,19,25H,11-12H2,1-4H3. The zero-order valence-electron chi connectivity index (χ0n) is 16.6. The Bertz CT molecular complexity index is 907. The fourth-order valence-corrected chi connectivity index (χ4v) is 3.40. The SMILES string of the molecule is COCCN1C(=O)C(O)=C(C(=O)c2ccc(C)o2)C1c1ccc(C(C)C)cc1. The Hall–Kier alpha value is -2.86. The summed E-state index contributed by atoms with van der Waals surface area (Å²) in [5.41, 5.74) is 1.94. The van der Waals surface area contributed by atoms with Gasteiger partial charge in [0.25, 0.3) is 5.91 Å². The number of nitrogens with zero attached hydrogens (tertiary/aromatic N) is 1. The third-order valence-electron chi connectivity index (χ3n) is 4.97. The van der Waals surface area contributed by atoms with Crippen LogP contribution in [0.4, 0.5) is 0 Å². The second-order valence-electron chi connectivity index (χ2n) is 7.22. The molecule has 1 aliphatic rings. The van der Waals surface area contributed by atoms with Gasteiger partial charge in [0.1, 0.15) is 5.76 Å². The molecule has 1 aromatic carbocycles. The largest absolute Gasteiger partial charge is 0.503 e. The average Bonchev–Trinajstić information content (AvgIpc) is 3.22. The molecule has 3 rings (SSSR count). The minimum Gasteiger partial charge on any atom is -0.503 e. The topological polar surface area (TPSA) is 80.0 Å². The molecule has 2 aromatic rings. The predicted molar refractivity (Wildman–Crippen MR) is 104 cm³/mol. The van der Waals surface area contributed by atoms with Gasteiger partial charge in [0.05, 0.1) is 18.2 Å². The third kappa shape index (κ3) is 3.60. The molecule has 1 amide bonds. The lowest BCUT2D eigenvalue weighted by atomic mass is 9.93. The van der Waals surface area contributed by atoms with Crippen molar-refractivity contribution in [3.05, 3.63) is 70.4 Å². The molecule has 0 radical (unpaired) electrons. The molecule has 148 valence electrons. The van der Waals surface area contributed by atoms with Gasteiger partial charge in [-0.05, 0) is 36.1 Å². The Kier molecular flexibility index (Phi) is 5.70. The highest BCUT2D eigenvalue weighted by Gasteiger charge is 2.44. The summed E-state index contributed by atoms with van der Waals surface area (Å²) in [7, 11) is 1.54. The van der Waals surface area contributed by atoms with E-state index in [-0.39, 0.29) is 17.9 Å². The summed E-state index contributed by atoms with van der Waals surface area (Å²) in [6, 6.07) is 10.3. The molecule has 6 heteroatoms. The second kappa shape index (κ2) is 8.02. The molecule has 1 unspecified atom stereocenters. The molecule has 28 heavy (non-hydrogen) atoms. The number of methoxy groups -OCH3 is 1. The van der Waals surface area contributed by atoms with Crippen LogP contribution in [-0.2, 0) is 9.53 Å². The van der Waals surface area contributed by atoms with Gasteiger partial charge in [0.2, 0.25) is 5.78 Å². The Balaban J connectivity index is 2.05. The van der Waals surface area contributed by atoms with Crippen LogP contribution >= 0.6 is 0 Å². The lowest BCUT2D eigenvalue weighted by Gasteiger charge is -2.26. The van der Waals surface area contributed by atoms with Crippen LogP contribution in [0.3, 0.4) is 0 Å². The molecular weight excluding hydrogens is 358 g/mol. The fourth-order valence-electron chi connectivity index (χ4n) is 3.40. The van der Waals surface area contributed by atoms with E-state index < -0.39 is 23.5 Å². The number of Topliss-reactive ketones (excluding diaryl/α,β-unsaturated/α-hetero) is 1. The zero-order valence-corrected chi connectivity index (χ0v) is 16.6. The lowest BCUT2D eigenvalue weighted by Crippen LogP contribution is -2.34. The number of ketones is 1. The maximum atomic E-state index is 13.1. The van der Waals surface area contributed by atoms with Crippen molar-refractivity contribution < 1.29 is 23.8 Å². The van der Waals surface area contributed by atoms with Gasteiger partial charge in [-0.3, -0.25) is 9.59 Å². The number of aryl methyl sites for hydroxylation is 1. The number of hydrogen-bond donors (Lipinski definition) is 1. The molecular formula is C22H25NO5. The molecule has 0 saturated carbocycles. The van der Waals surface area contributed by atoms with E-state index >= 15 is 0 Å². The molecule has 0 bridgehead atoms. The highest BCUT2D eigenvalue weighted by atomic mass is 16.5. The molecule has 1 N–H and O–H groups in total. The van der Waals surface area contributed by atoms with E-state index in [0.29, 0.717) is 18.3 Å².